The van der Waals surface area contributed by atoms with Crippen molar-refractivity contribution in [1.29, 1.82) is 0 Å². The van der Waals surface area contributed by atoms with Crippen molar-refractivity contribution in [1.82, 2.24) is 0 Å². The molecule has 1 aromatic rings. The summed E-state index contributed by atoms with van der Waals surface area (Å²) in [5, 5.41) is 9.60. The molecular weight excluding hydrogens is 252 g/mol. The zero-order valence-electron chi connectivity index (χ0n) is 11.2. The average Bonchev–Trinajstić information content (AvgIpc) is 2.13. The fraction of sp³-hybridized carbons (Fsp3) is 0.538. The Morgan fingerprint density at radius 3 is 2.44 bits per heavy atom. The number of ether oxygens (including phenoxy) is 1. The van der Waals surface area contributed by atoms with Crippen molar-refractivity contribution in [2.75, 3.05) is 12.9 Å². The number of methoxy groups -OCH3 is 1. The second-order valence-electron chi connectivity index (χ2n) is 5.16. The summed E-state index contributed by atoms with van der Waals surface area (Å²) in [6.45, 7) is 4.86. The van der Waals surface area contributed by atoms with Gasteiger partial charge in [-0.1, -0.05) is 17.7 Å². The third-order valence-electron chi connectivity index (χ3n) is 2.38. The van der Waals surface area contributed by atoms with Crippen molar-refractivity contribution in [2.24, 2.45) is 0 Å². The molecule has 0 amide bonds. The molecule has 1 aromatic carbocycles. The van der Waals surface area contributed by atoms with E-state index in [0.717, 1.165) is 5.56 Å². The first kappa shape index (κ1) is 15.0. The molecule has 0 fully saturated rings. The SMILES string of the molecule is COc1ccc(C)cc1CS(=O)(=O)CC(C)(C)O. The van der Waals surface area contributed by atoms with Crippen LogP contribution >= 0.6 is 0 Å². The van der Waals surface area contributed by atoms with Crippen LogP contribution in [0.15, 0.2) is 18.2 Å². The second-order valence-corrected chi connectivity index (χ2v) is 7.22. The van der Waals surface area contributed by atoms with Gasteiger partial charge in [0.1, 0.15) is 5.75 Å². The average molecular weight is 272 g/mol. The lowest BCUT2D eigenvalue weighted by molar-refractivity contribution is 0.105. The van der Waals surface area contributed by atoms with Gasteiger partial charge in [0.15, 0.2) is 9.84 Å². The van der Waals surface area contributed by atoms with Crippen LogP contribution in [0, 0.1) is 6.92 Å². The molecule has 0 atom stereocenters. The minimum absolute atomic E-state index is 0.123. The Balaban J connectivity index is 3.00. The van der Waals surface area contributed by atoms with Gasteiger partial charge in [0.05, 0.1) is 24.2 Å². The number of hydrogen-bond donors (Lipinski definition) is 1. The molecule has 0 aliphatic carbocycles. The van der Waals surface area contributed by atoms with Crippen molar-refractivity contribution >= 4 is 9.84 Å². The molecule has 1 N–H and O–H groups in total. The number of aryl methyl sites for hydroxylation is 1. The fourth-order valence-corrected chi connectivity index (χ4v) is 3.72. The van der Waals surface area contributed by atoms with Crippen molar-refractivity contribution in [2.45, 2.75) is 32.1 Å². The van der Waals surface area contributed by atoms with E-state index in [4.69, 9.17) is 4.74 Å². The van der Waals surface area contributed by atoms with Gasteiger partial charge in [0, 0.05) is 5.56 Å². The molecule has 4 nitrogen and oxygen atoms in total. The Bertz CT molecular complexity index is 512. The maximum atomic E-state index is 12.0. The van der Waals surface area contributed by atoms with Gasteiger partial charge in [-0.3, -0.25) is 0 Å². The molecule has 18 heavy (non-hydrogen) atoms. The molecule has 0 aromatic heterocycles. The highest BCUT2D eigenvalue weighted by Gasteiger charge is 2.24. The van der Waals surface area contributed by atoms with E-state index in [2.05, 4.69) is 0 Å². The van der Waals surface area contributed by atoms with E-state index >= 15 is 0 Å². The van der Waals surface area contributed by atoms with Gasteiger partial charge in [-0.05, 0) is 26.8 Å². The smallest absolute Gasteiger partial charge is 0.157 e. The quantitative estimate of drug-likeness (QED) is 0.886. The van der Waals surface area contributed by atoms with Crippen LogP contribution in [0.1, 0.15) is 25.0 Å². The zero-order chi connectivity index (χ0) is 14.0. The van der Waals surface area contributed by atoms with Crippen molar-refractivity contribution in [3.05, 3.63) is 29.3 Å². The Kier molecular flexibility index (Phi) is 4.40. The van der Waals surface area contributed by atoms with Crippen LogP contribution in [-0.4, -0.2) is 32.0 Å². The molecule has 5 heteroatoms. The summed E-state index contributed by atoms with van der Waals surface area (Å²) in [7, 11) is -1.86. The Morgan fingerprint density at radius 2 is 1.94 bits per heavy atom. The van der Waals surface area contributed by atoms with Crippen LogP contribution < -0.4 is 4.74 Å². The molecule has 0 heterocycles. The summed E-state index contributed by atoms with van der Waals surface area (Å²) in [6.07, 6.45) is 0. The third kappa shape index (κ3) is 4.66. The molecular formula is C13H20O4S. The predicted octanol–water partition coefficient (Wildman–Crippen LogP) is 1.69. The normalized spacial score (nSPS) is 12.5. The Hall–Kier alpha value is -1.07. The number of sulfone groups is 1. The Labute approximate surface area is 109 Å². The van der Waals surface area contributed by atoms with Gasteiger partial charge in [-0.2, -0.15) is 0 Å². The molecule has 0 aliphatic heterocycles. The molecule has 0 spiro atoms. The maximum Gasteiger partial charge on any atom is 0.157 e. The molecule has 0 unspecified atom stereocenters. The molecule has 0 aliphatic rings. The van der Waals surface area contributed by atoms with Gasteiger partial charge in [0.25, 0.3) is 0 Å². The van der Waals surface area contributed by atoms with E-state index < -0.39 is 15.4 Å². The summed E-state index contributed by atoms with van der Waals surface area (Å²) < 4.78 is 29.1. The van der Waals surface area contributed by atoms with Crippen molar-refractivity contribution in [3.8, 4) is 5.75 Å². The summed E-state index contributed by atoms with van der Waals surface area (Å²) in [5.41, 5.74) is 0.376. The van der Waals surface area contributed by atoms with Crippen molar-refractivity contribution < 1.29 is 18.3 Å². The highest BCUT2D eigenvalue weighted by molar-refractivity contribution is 7.90. The minimum atomic E-state index is -3.37. The lowest BCUT2D eigenvalue weighted by Crippen LogP contribution is -2.30. The van der Waals surface area contributed by atoms with E-state index in [1.54, 1.807) is 12.1 Å². The van der Waals surface area contributed by atoms with Gasteiger partial charge in [-0.25, -0.2) is 8.42 Å². The number of benzene rings is 1. The van der Waals surface area contributed by atoms with Crippen LogP contribution in [0.4, 0.5) is 0 Å². The summed E-state index contributed by atoms with van der Waals surface area (Å²) >= 11 is 0. The molecule has 0 saturated heterocycles. The van der Waals surface area contributed by atoms with Gasteiger partial charge in [0.2, 0.25) is 0 Å². The molecule has 0 radical (unpaired) electrons. The molecule has 0 bridgehead atoms. The topological polar surface area (TPSA) is 63.6 Å². The maximum absolute atomic E-state index is 12.0. The minimum Gasteiger partial charge on any atom is -0.496 e. The number of rotatable bonds is 5. The highest BCUT2D eigenvalue weighted by Crippen LogP contribution is 2.23. The third-order valence-corrected chi connectivity index (χ3v) is 4.28. The van der Waals surface area contributed by atoms with Crippen LogP contribution in [0.5, 0.6) is 5.75 Å². The zero-order valence-corrected chi connectivity index (χ0v) is 12.0. The second kappa shape index (κ2) is 5.28. The van der Waals surface area contributed by atoms with E-state index in [1.165, 1.54) is 21.0 Å². The number of hydrogen-bond acceptors (Lipinski definition) is 4. The molecule has 0 saturated carbocycles. The lowest BCUT2D eigenvalue weighted by atomic mass is 10.1. The Morgan fingerprint density at radius 1 is 1.33 bits per heavy atom. The van der Waals surface area contributed by atoms with Gasteiger partial charge in [-0.15, -0.1) is 0 Å². The standard InChI is InChI=1S/C13H20O4S/c1-10-5-6-12(17-4)11(7-10)8-18(15,16)9-13(2,3)14/h5-7,14H,8-9H2,1-4H3. The lowest BCUT2D eigenvalue weighted by Gasteiger charge is -2.17. The summed E-state index contributed by atoms with van der Waals surface area (Å²) in [4.78, 5) is 0. The summed E-state index contributed by atoms with van der Waals surface area (Å²) in [5.74, 6) is 0.166. The highest BCUT2D eigenvalue weighted by atomic mass is 32.2. The first-order valence-corrected chi connectivity index (χ1v) is 7.51. The van der Waals surface area contributed by atoms with E-state index in [-0.39, 0.29) is 11.5 Å². The van der Waals surface area contributed by atoms with E-state index in [9.17, 15) is 13.5 Å². The predicted molar refractivity (Wildman–Crippen MR) is 71.5 cm³/mol. The molecule has 1 rings (SSSR count). The van der Waals surface area contributed by atoms with Crippen LogP contribution in [0.3, 0.4) is 0 Å². The van der Waals surface area contributed by atoms with E-state index in [1.807, 2.05) is 13.0 Å². The first-order valence-electron chi connectivity index (χ1n) is 5.69. The van der Waals surface area contributed by atoms with Gasteiger partial charge < -0.3 is 9.84 Å². The summed E-state index contributed by atoms with van der Waals surface area (Å²) in [6, 6.07) is 5.41. The van der Waals surface area contributed by atoms with Gasteiger partial charge >= 0.3 is 0 Å². The van der Waals surface area contributed by atoms with Crippen molar-refractivity contribution in [3.63, 3.8) is 0 Å². The largest absolute Gasteiger partial charge is 0.496 e. The van der Waals surface area contributed by atoms with Crippen LogP contribution in [0.25, 0.3) is 0 Å². The van der Waals surface area contributed by atoms with E-state index in [0.29, 0.717) is 11.3 Å². The molecule has 102 valence electrons. The van der Waals surface area contributed by atoms with Crippen LogP contribution in [-0.2, 0) is 15.6 Å². The number of aliphatic hydroxyl groups is 1. The first-order chi connectivity index (χ1) is 8.13. The fourth-order valence-electron chi connectivity index (χ4n) is 1.85. The monoisotopic (exact) mass is 272 g/mol. The van der Waals surface area contributed by atoms with Crippen LogP contribution in [0.2, 0.25) is 0 Å².